The van der Waals surface area contributed by atoms with E-state index in [2.05, 4.69) is 32.7 Å². The number of imide groups is 1. The number of nitrogens with zero attached hydrogens (tertiary/aromatic N) is 4. The van der Waals surface area contributed by atoms with Gasteiger partial charge in [0.05, 0.1) is 18.6 Å². The van der Waals surface area contributed by atoms with Crippen molar-refractivity contribution < 1.29 is 14.0 Å². The molecule has 9 nitrogen and oxygen atoms in total. The van der Waals surface area contributed by atoms with Crippen molar-refractivity contribution in [3.8, 4) is 0 Å². The van der Waals surface area contributed by atoms with Gasteiger partial charge >= 0.3 is 6.03 Å². The Labute approximate surface area is 174 Å². The molecule has 3 amide bonds. The zero-order valence-electron chi connectivity index (χ0n) is 17.1. The van der Waals surface area contributed by atoms with Gasteiger partial charge in [-0.1, -0.05) is 18.7 Å². The Morgan fingerprint density at radius 3 is 2.90 bits per heavy atom. The molecule has 0 radical (unpaired) electrons. The molecule has 1 atom stereocenters. The molecule has 1 aliphatic heterocycles. The van der Waals surface area contributed by atoms with E-state index in [9.17, 15) is 9.59 Å². The number of piperidine rings is 1. The van der Waals surface area contributed by atoms with E-state index in [0.717, 1.165) is 31.2 Å². The zero-order valence-corrected chi connectivity index (χ0v) is 17.9. The molecule has 1 fully saturated rings. The number of aromatic nitrogens is 3. The van der Waals surface area contributed by atoms with E-state index in [1.165, 1.54) is 18.2 Å². The maximum atomic E-state index is 12.1. The largest absolute Gasteiger partial charge is 0.467 e. The van der Waals surface area contributed by atoms with Gasteiger partial charge in [-0.15, -0.1) is 10.2 Å². The van der Waals surface area contributed by atoms with Crippen LogP contribution in [-0.4, -0.2) is 51.6 Å². The quantitative estimate of drug-likeness (QED) is 0.663. The van der Waals surface area contributed by atoms with Crippen LogP contribution in [0, 0.1) is 5.92 Å². The number of anilines is 1. The Morgan fingerprint density at radius 2 is 2.21 bits per heavy atom. The summed E-state index contributed by atoms with van der Waals surface area (Å²) in [5.41, 5.74) is 0. The van der Waals surface area contributed by atoms with Crippen molar-refractivity contribution in [2.24, 2.45) is 5.92 Å². The topological polar surface area (TPSA) is 105 Å². The van der Waals surface area contributed by atoms with Gasteiger partial charge in [-0.05, 0) is 44.7 Å². The normalized spacial score (nSPS) is 16.8. The van der Waals surface area contributed by atoms with E-state index < -0.39 is 6.03 Å². The van der Waals surface area contributed by atoms with Gasteiger partial charge in [-0.25, -0.2) is 4.79 Å². The molecule has 0 aliphatic carbocycles. The predicted octanol–water partition coefficient (Wildman–Crippen LogP) is 2.48. The van der Waals surface area contributed by atoms with Crippen molar-refractivity contribution in [1.29, 1.82) is 0 Å². The van der Waals surface area contributed by atoms with E-state index in [-0.39, 0.29) is 17.7 Å². The van der Waals surface area contributed by atoms with Crippen molar-refractivity contribution in [2.75, 3.05) is 23.7 Å². The summed E-state index contributed by atoms with van der Waals surface area (Å²) in [6.07, 6.45) is 3.96. The molecular formula is C19H28N6O3S. The fourth-order valence-corrected chi connectivity index (χ4v) is 4.01. The van der Waals surface area contributed by atoms with Crippen LogP contribution in [0.4, 0.5) is 10.7 Å². The lowest BCUT2D eigenvalue weighted by molar-refractivity contribution is -0.117. The molecule has 10 heteroatoms. The maximum Gasteiger partial charge on any atom is 0.321 e. The molecule has 29 heavy (non-hydrogen) atoms. The lowest BCUT2D eigenvalue weighted by Crippen LogP contribution is -2.43. The Hall–Kier alpha value is -2.49. The van der Waals surface area contributed by atoms with Gasteiger partial charge < -0.3 is 14.6 Å². The number of rotatable bonds is 7. The maximum absolute atomic E-state index is 12.1. The molecule has 0 saturated carbocycles. The lowest BCUT2D eigenvalue weighted by atomic mass is 10.0. The minimum atomic E-state index is -0.495. The number of amides is 3. The summed E-state index contributed by atoms with van der Waals surface area (Å²) in [5, 5.41) is 14.3. The third-order valence-electron chi connectivity index (χ3n) is 4.54. The Kier molecular flexibility index (Phi) is 7.18. The fourth-order valence-electron chi connectivity index (χ4n) is 3.28. The standard InChI is InChI=1S/C19H28N6O3S/c1-13(2)20-17(27)21-16(26)12-29-19-23-22-18(24-8-4-6-14(3)10-24)25(19)11-15-7-5-9-28-15/h5,7,9,13-14H,4,6,8,10-12H2,1-3H3,(H2,20,21,26,27)/t14-/m1/s1. The van der Waals surface area contributed by atoms with Crippen LogP contribution < -0.4 is 15.5 Å². The van der Waals surface area contributed by atoms with E-state index in [4.69, 9.17) is 4.42 Å². The summed E-state index contributed by atoms with van der Waals surface area (Å²) in [4.78, 5) is 26.0. The number of carbonyl (C=O) groups excluding carboxylic acids is 2. The van der Waals surface area contributed by atoms with Crippen LogP contribution in [0.1, 0.15) is 39.4 Å². The summed E-state index contributed by atoms with van der Waals surface area (Å²) < 4.78 is 7.48. The number of thioether (sulfide) groups is 1. The molecule has 0 aromatic carbocycles. The van der Waals surface area contributed by atoms with E-state index in [1.54, 1.807) is 6.26 Å². The van der Waals surface area contributed by atoms with Gasteiger partial charge in [0.15, 0.2) is 5.16 Å². The number of hydrogen-bond acceptors (Lipinski definition) is 7. The summed E-state index contributed by atoms with van der Waals surface area (Å²) >= 11 is 1.25. The molecular weight excluding hydrogens is 392 g/mol. The molecule has 0 unspecified atom stereocenters. The van der Waals surface area contributed by atoms with Gasteiger partial charge in [-0.3, -0.25) is 14.7 Å². The highest BCUT2D eigenvalue weighted by atomic mass is 32.2. The van der Waals surface area contributed by atoms with Crippen LogP contribution in [0.15, 0.2) is 28.0 Å². The second kappa shape index (κ2) is 9.82. The summed E-state index contributed by atoms with van der Waals surface area (Å²) in [6, 6.07) is 3.21. The molecule has 0 spiro atoms. The van der Waals surface area contributed by atoms with Crippen molar-refractivity contribution in [3.63, 3.8) is 0 Å². The number of furan rings is 1. The average molecular weight is 421 g/mol. The molecule has 0 bridgehead atoms. The third kappa shape index (κ3) is 5.99. The smallest absolute Gasteiger partial charge is 0.321 e. The van der Waals surface area contributed by atoms with Crippen molar-refractivity contribution in [2.45, 2.75) is 51.4 Å². The second-order valence-corrected chi connectivity index (χ2v) is 8.55. The monoisotopic (exact) mass is 420 g/mol. The van der Waals surface area contributed by atoms with Crippen LogP contribution in [-0.2, 0) is 11.3 Å². The van der Waals surface area contributed by atoms with Crippen LogP contribution in [0.2, 0.25) is 0 Å². The number of nitrogens with one attached hydrogen (secondary N) is 2. The number of urea groups is 1. The molecule has 1 saturated heterocycles. The minimum Gasteiger partial charge on any atom is -0.467 e. The first-order chi connectivity index (χ1) is 13.9. The molecule has 1 aliphatic rings. The van der Waals surface area contributed by atoms with Crippen molar-refractivity contribution >= 4 is 29.6 Å². The highest BCUT2D eigenvalue weighted by molar-refractivity contribution is 7.99. The van der Waals surface area contributed by atoms with E-state index in [0.29, 0.717) is 17.6 Å². The van der Waals surface area contributed by atoms with Crippen LogP contribution in [0.3, 0.4) is 0 Å². The average Bonchev–Trinajstić information content (AvgIpc) is 3.29. The van der Waals surface area contributed by atoms with Gasteiger partial charge in [0.25, 0.3) is 0 Å². The first-order valence-corrected chi connectivity index (χ1v) is 10.8. The van der Waals surface area contributed by atoms with Gasteiger partial charge in [0.2, 0.25) is 11.9 Å². The second-order valence-electron chi connectivity index (χ2n) is 7.61. The molecule has 3 heterocycles. The zero-order chi connectivity index (χ0) is 20.8. The van der Waals surface area contributed by atoms with E-state index >= 15 is 0 Å². The number of hydrogen-bond donors (Lipinski definition) is 2. The molecule has 3 rings (SSSR count). The Balaban J connectivity index is 1.70. The Morgan fingerprint density at radius 1 is 1.38 bits per heavy atom. The predicted molar refractivity (Wildman–Crippen MR) is 111 cm³/mol. The van der Waals surface area contributed by atoms with Gasteiger partial charge in [-0.2, -0.15) is 0 Å². The molecule has 158 valence electrons. The van der Waals surface area contributed by atoms with Crippen LogP contribution in [0.25, 0.3) is 0 Å². The van der Waals surface area contributed by atoms with Gasteiger partial charge in [0, 0.05) is 19.1 Å². The first kappa shape index (κ1) is 21.2. The van der Waals surface area contributed by atoms with E-state index in [1.807, 2.05) is 30.5 Å². The SMILES string of the molecule is CC(C)NC(=O)NC(=O)CSc1nnc(N2CCC[C@@H](C)C2)n1Cc1ccco1. The first-order valence-electron chi connectivity index (χ1n) is 9.86. The summed E-state index contributed by atoms with van der Waals surface area (Å²) in [6.45, 7) is 8.25. The third-order valence-corrected chi connectivity index (χ3v) is 5.50. The van der Waals surface area contributed by atoms with Crippen molar-refractivity contribution in [1.82, 2.24) is 25.4 Å². The van der Waals surface area contributed by atoms with Gasteiger partial charge in [0.1, 0.15) is 5.76 Å². The summed E-state index contributed by atoms with van der Waals surface area (Å²) in [5.74, 6) is 1.86. The minimum absolute atomic E-state index is 0.0404. The number of carbonyl (C=O) groups is 2. The highest BCUT2D eigenvalue weighted by Gasteiger charge is 2.24. The fraction of sp³-hybridized carbons (Fsp3) is 0.579. The summed E-state index contributed by atoms with van der Waals surface area (Å²) in [7, 11) is 0. The van der Waals surface area contributed by atoms with Crippen molar-refractivity contribution in [3.05, 3.63) is 24.2 Å². The molecule has 2 N–H and O–H groups in total. The molecule has 2 aromatic rings. The van der Waals surface area contributed by atoms with Crippen LogP contribution in [0.5, 0.6) is 0 Å². The Bertz CT molecular complexity index is 820. The highest BCUT2D eigenvalue weighted by Crippen LogP contribution is 2.27. The molecule has 2 aromatic heterocycles. The van der Waals surface area contributed by atoms with Crippen LogP contribution >= 0.6 is 11.8 Å². The lowest BCUT2D eigenvalue weighted by Gasteiger charge is -2.31.